The number of carbonyl (C=O) groups excluding carboxylic acids is 1. The second-order valence-electron chi connectivity index (χ2n) is 5.22. The number of thioether (sulfide) groups is 1. The van der Waals surface area contributed by atoms with E-state index >= 15 is 0 Å². The Kier molecular flexibility index (Phi) is 3.35. The Morgan fingerprint density at radius 2 is 2.18 bits per heavy atom. The highest BCUT2D eigenvalue weighted by Crippen LogP contribution is 2.43. The van der Waals surface area contributed by atoms with E-state index in [1.807, 2.05) is 42.6 Å². The molecule has 0 saturated carbocycles. The minimum absolute atomic E-state index is 0.0125. The zero-order valence-corrected chi connectivity index (χ0v) is 13.5. The van der Waals surface area contributed by atoms with Gasteiger partial charge in [0.1, 0.15) is 0 Å². The van der Waals surface area contributed by atoms with Gasteiger partial charge in [0.25, 0.3) is 5.91 Å². The molecule has 4 nitrogen and oxygen atoms in total. The Balaban J connectivity index is 1.71. The summed E-state index contributed by atoms with van der Waals surface area (Å²) in [4.78, 5) is 18.1. The van der Waals surface area contributed by atoms with Gasteiger partial charge in [0, 0.05) is 16.9 Å². The Morgan fingerprint density at radius 3 is 2.95 bits per heavy atom. The third-order valence-corrected chi connectivity index (χ3v) is 5.87. The Morgan fingerprint density at radius 1 is 1.27 bits per heavy atom. The van der Waals surface area contributed by atoms with Gasteiger partial charge in [-0.05, 0) is 24.4 Å². The number of nitrogens with zero attached hydrogens (tertiary/aromatic N) is 3. The Labute approximate surface area is 136 Å². The lowest BCUT2D eigenvalue weighted by atomic mass is 10.1. The quantitative estimate of drug-likeness (QED) is 0.708. The summed E-state index contributed by atoms with van der Waals surface area (Å²) < 4.78 is 1.45. The molecule has 22 heavy (non-hydrogen) atoms. The molecule has 3 heterocycles. The van der Waals surface area contributed by atoms with Crippen molar-refractivity contribution >= 4 is 29.0 Å². The van der Waals surface area contributed by atoms with Crippen molar-refractivity contribution in [2.24, 2.45) is 0 Å². The summed E-state index contributed by atoms with van der Waals surface area (Å²) in [5.41, 5.74) is 2.10. The number of aryl methyl sites for hydroxylation is 1. The lowest BCUT2D eigenvalue weighted by molar-refractivity contribution is 0.0868. The fourth-order valence-corrected chi connectivity index (χ4v) is 4.56. The second kappa shape index (κ2) is 5.37. The van der Waals surface area contributed by atoms with Crippen molar-refractivity contribution in [2.75, 3.05) is 0 Å². The molecule has 0 saturated heterocycles. The van der Waals surface area contributed by atoms with Gasteiger partial charge in [0.2, 0.25) is 0 Å². The highest BCUT2D eigenvalue weighted by molar-refractivity contribution is 7.99. The first-order valence-electron chi connectivity index (χ1n) is 6.98. The van der Waals surface area contributed by atoms with Crippen LogP contribution in [0.1, 0.15) is 26.9 Å². The van der Waals surface area contributed by atoms with Crippen LogP contribution < -0.4 is 0 Å². The van der Waals surface area contributed by atoms with Crippen LogP contribution in [0.25, 0.3) is 11.4 Å². The van der Waals surface area contributed by atoms with Crippen LogP contribution in [0, 0.1) is 6.92 Å². The molecule has 0 spiro atoms. The largest absolute Gasteiger partial charge is 0.272 e. The standard InChI is InChI=1S/C16H13N3OS2/c1-10-4-2-5-11(8-10)15-17-16-19(18-15)14(20)9-13(22-16)12-6-3-7-21-12/h2-8,13H,9H2,1H3/t13-/m1/s1. The molecule has 1 aliphatic heterocycles. The molecular formula is C16H13N3OS2. The first-order chi connectivity index (χ1) is 10.7. The maximum Gasteiger partial charge on any atom is 0.250 e. The van der Waals surface area contributed by atoms with Crippen LogP contribution in [0.3, 0.4) is 0 Å². The van der Waals surface area contributed by atoms with E-state index in [9.17, 15) is 4.79 Å². The molecule has 0 aliphatic carbocycles. The first kappa shape index (κ1) is 13.7. The van der Waals surface area contributed by atoms with Crippen LogP contribution in [0.2, 0.25) is 0 Å². The molecule has 3 aromatic rings. The molecule has 6 heteroatoms. The van der Waals surface area contributed by atoms with Crippen molar-refractivity contribution in [3.05, 3.63) is 52.2 Å². The molecule has 0 N–H and O–H groups in total. The molecule has 0 amide bonds. The van der Waals surface area contributed by atoms with Gasteiger partial charge in [-0.1, -0.05) is 41.6 Å². The van der Waals surface area contributed by atoms with E-state index in [0.29, 0.717) is 17.4 Å². The van der Waals surface area contributed by atoms with E-state index in [-0.39, 0.29) is 11.2 Å². The predicted molar refractivity (Wildman–Crippen MR) is 88.4 cm³/mol. The molecule has 2 aromatic heterocycles. The van der Waals surface area contributed by atoms with Crippen molar-refractivity contribution in [2.45, 2.75) is 23.8 Å². The van der Waals surface area contributed by atoms with E-state index in [4.69, 9.17) is 0 Å². The summed E-state index contributed by atoms with van der Waals surface area (Å²) in [5, 5.41) is 7.27. The zero-order chi connectivity index (χ0) is 15.1. The van der Waals surface area contributed by atoms with Gasteiger partial charge in [0.15, 0.2) is 11.0 Å². The van der Waals surface area contributed by atoms with Crippen molar-refractivity contribution in [1.82, 2.24) is 14.8 Å². The van der Waals surface area contributed by atoms with E-state index in [0.717, 1.165) is 11.1 Å². The zero-order valence-electron chi connectivity index (χ0n) is 11.9. The molecule has 4 rings (SSSR count). The molecule has 0 bridgehead atoms. The van der Waals surface area contributed by atoms with Crippen LogP contribution in [0.5, 0.6) is 0 Å². The summed E-state index contributed by atoms with van der Waals surface area (Å²) in [5.74, 6) is 0.630. The van der Waals surface area contributed by atoms with Gasteiger partial charge in [-0.2, -0.15) is 4.68 Å². The van der Waals surface area contributed by atoms with Crippen molar-refractivity contribution < 1.29 is 4.79 Å². The van der Waals surface area contributed by atoms with Crippen LogP contribution in [0.4, 0.5) is 0 Å². The number of carbonyl (C=O) groups is 1. The SMILES string of the molecule is Cc1cccc(-c2nc3n(n2)C(=O)C[C@H](c2cccs2)S3)c1. The molecule has 0 unspecified atom stereocenters. The minimum atomic E-state index is 0.0125. The van der Waals surface area contributed by atoms with E-state index in [1.54, 1.807) is 23.1 Å². The second-order valence-corrected chi connectivity index (χ2v) is 7.37. The number of fused-ring (bicyclic) bond motifs is 1. The molecule has 110 valence electrons. The maximum absolute atomic E-state index is 12.4. The van der Waals surface area contributed by atoms with Crippen LogP contribution in [-0.4, -0.2) is 20.7 Å². The van der Waals surface area contributed by atoms with E-state index in [2.05, 4.69) is 16.1 Å². The normalized spacial score (nSPS) is 17.5. The van der Waals surface area contributed by atoms with Gasteiger partial charge in [-0.25, -0.2) is 4.98 Å². The van der Waals surface area contributed by atoms with E-state index < -0.39 is 0 Å². The number of thiophene rings is 1. The highest BCUT2D eigenvalue weighted by atomic mass is 32.2. The lowest BCUT2D eigenvalue weighted by Gasteiger charge is -2.18. The monoisotopic (exact) mass is 327 g/mol. The molecule has 1 aromatic carbocycles. The summed E-state index contributed by atoms with van der Waals surface area (Å²) in [6, 6.07) is 12.1. The van der Waals surface area contributed by atoms with Crippen LogP contribution >= 0.6 is 23.1 Å². The van der Waals surface area contributed by atoms with Crippen LogP contribution in [-0.2, 0) is 0 Å². The summed E-state index contributed by atoms with van der Waals surface area (Å²) in [6.07, 6.45) is 0.467. The third kappa shape index (κ3) is 2.38. The lowest BCUT2D eigenvalue weighted by Crippen LogP contribution is -2.20. The highest BCUT2D eigenvalue weighted by Gasteiger charge is 2.30. The van der Waals surface area contributed by atoms with E-state index in [1.165, 1.54) is 9.56 Å². The topological polar surface area (TPSA) is 47.8 Å². The fourth-order valence-electron chi connectivity index (χ4n) is 2.49. The number of hydrogen-bond donors (Lipinski definition) is 0. The number of rotatable bonds is 2. The molecule has 1 atom stereocenters. The average molecular weight is 327 g/mol. The van der Waals surface area contributed by atoms with Gasteiger partial charge >= 0.3 is 0 Å². The van der Waals surface area contributed by atoms with Gasteiger partial charge in [0.05, 0.1) is 5.25 Å². The Hall–Kier alpha value is -1.92. The Bertz CT molecular complexity index is 839. The predicted octanol–water partition coefficient (Wildman–Crippen LogP) is 4.19. The summed E-state index contributed by atoms with van der Waals surface area (Å²) in [6.45, 7) is 2.03. The summed E-state index contributed by atoms with van der Waals surface area (Å²) >= 11 is 3.30. The van der Waals surface area contributed by atoms with Gasteiger partial charge in [-0.15, -0.1) is 16.4 Å². The average Bonchev–Trinajstić information content (AvgIpc) is 3.16. The van der Waals surface area contributed by atoms with Gasteiger partial charge in [-0.3, -0.25) is 4.79 Å². The maximum atomic E-state index is 12.4. The molecule has 0 radical (unpaired) electrons. The van der Waals surface area contributed by atoms with Crippen molar-refractivity contribution in [3.63, 3.8) is 0 Å². The minimum Gasteiger partial charge on any atom is -0.272 e. The molecule has 1 aliphatic rings. The van der Waals surface area contributed by atoms with Gasteiger partial charge < -0.3 is 0 Å². The summed E-state index contributed by atoms with van der Waals surface area (Å²) in [7, 11) is 0. The van der Waals surface area contributed by atoms with Crippen molar-refractivity contribution in [3.8, 4) is 11.4 Å². The van der Waals surface area contributed by atoms with Crippen molar-refractivity contribution in [1.29, 1.82) is 0 Å². The smallest absolute Gasteiger partial charge is 0.250 e. The molecular weight excluding hydrogens is 314 g/mol. The molecule has 0 fully saturated rings. The third-order valence-electron chi connectivity index (χ3n) is 3.56. The number of hydrogen-bond acceptors (Lipinski definition) is 5. The van der Waals surface area contributed by atoms with Crippen LogP contribution in [0.15, 0.2) is 46.9 Å². The number of aromatic nitrogens is 3. The number of benzene rings is 1. The first-order valence-corrected chi connectivity index (χ1v) is 8.74. The fraction of sp³-hybridized carbons (Fsp3) is 0.188.